The van der Waals surface area contributed by atoms with Gasteiger partial charge in [-0.25, -0.2) is 4.79 Å². The first-order chi connectivity index (χ1) is 14.0. The van der Waals surface area contributed by atoms with Gasteiger partial charge in [0.25, 0.3) is 5.91 Å². The zero-order valence-corrected chi connectivity index (χ0v) is 17.2. The van der Waals surface area contributed by atoms with E-state index in [1.165, 1.54) is 12.8 Å². The highest BCUT2D eigenvalue weighted by molar-refractivity contribution is 6.19. The fourth-order valence-electron chi connectivity index (χ4n) is 3.15. The van der Waals surface area contributed by atoms with E-state index in [-0.39, 0.29) is 5.91 Å². The van der Waals surface area contributed by atoms with Crippen LogP contribution in [-0.4, -0.2) is 37.5 Å². The maximum Gasteiger partial charge on any atom is 0.253 e. The molecule has 2 aliphatic rings. The molecule has 1 heterocycles. The van der Waals surface area contributed by atoms with Crippen molar-refractivity contribution in [3.05, 3.63) is 59.1 Å². The molecule has 3 rings (SSSR count). The first-order valence-corrected chi connectivity index (χ1v) is 9.62. The van der Waals surface area contributed by atoms with E-state index in [1.807, 2.05) is 42.9 Å². The lowest BCUT2D eigenvalue weighted by Crippen LogP contribution is -2.23. The van der Waals surface area contributed by atoms with Crippen LogP contribution in [0.3, 0.4) is 0 Å². The van der Waals surface area contributed by atoms with Crippen LogP contribution in [-0.2, 0) is 9.59 Å². The molecule has 0 atom stereocenters. The summed E-state index contributed by atoms with van der Waals surface area (Å²) in [4.78, 5) is 25.5. The number of rotatable bonds is 7. The highest BCUT2D eigenvalue weighted by Gasteiger charge is 2.23. The lowest BCUT2D eigenvalue weighted by molar-refractivity contribution is -0.115. The van der Waals surface area contributed by atoms with E-state index < -0.39 is 0 Å². The molecule has 1 saturated carbocycles. The van der Waals surface area contributed by atoms with Gasteiger partial charge in [-0.1, -0.05) is 6.07 Å². The molecule has 152 valence electrons. The van der Waals surface area contributed by atoms with Crippen LogP contribution in [0.25, 0.3) is 5.57 Å². The van der Waals surface area contributed by atoms with Crippen LogP contribution in [0.15, 0.2) is 53.5 Å². The second-order valence-electron chi connectivity index (χ2n) is 7.24. The Bertz CT molecular complexity index is 926. The van der Waals surface area contributed by atoms with Crippen molar-refractivity contribution < 1.29 is 19.1 Å². The second kappa shape index (κ2) is 8.84. The molecule has 1 aliphatic carbocycles. The van der Waals surface area contributed by atoms with Crippen molar-refractivity contribution >= 4 is 17.4 Å². The topological polar surface area (TPSA) is 67.9 Å². The van der Waals surface area contributed by atoms with Crippen LogP contribution in [0.2, 0.25) is 0 Å². The van der Waals surface area contributed by atoms with E-state index in [2.05, 4.69) is 5.32 Å². The molecular formula is C23H26N2O4. The number of hydrogen-bond acceptors (Lipinski definition) is 5. The van der Waals surface area contributed by atoms with E-state index in [1.54, 1.807) is 32.5 Å². The van der Waals surface area contributed by atoms with Gasteiger partial charge in [0.15, 0.2) is 11.5 Å². The average Bonchev–Trinajstić information content (AvgIpc) is 3.55. The van der Waals surface area contributed by atoms with Crippen LogP contribution in [0.4, 0.5) is 0 Å². The Morgan fingerprint density at radius 3 is 2.48 bits per heavy atom. The minimum atomic E-state index is -0.222. The molecule has 29 heavy (non-hydrogen) atoms. The van der Waals surface area contributed by atoms with Gasteiger partial charge in [-0.15, -0.1) is 0 Å². The van der Waals surface area contributed by atoms with Gasteiger partial charge >= 0.3 is 0 Å². The Labute approximate surface area is 171 Å². The first-order valence-electron chi connectivity index (χ1n) is 9.62. The first kappa shape index (κ1) is 20.5. The van der Waals surface area contributed by atoms with E-state index in [4.69, 9.17) is 9.47 Å². The van der Waals surface area contributed by atoms with Crippen molar-refractivity contribution in [1.29, 1.82) is 0 Å². The Morgan fingerprint density at radius 2 is 1.93 bits per heavy atom. The summed E-state index contributed by atoms with van der Waals surface area (Å²) in [6, 6.07) is 5.48. The molecular weight excluding hydrogens is 368 g/mol. The number of ether oxygens (including phenoxy) is 2. The molecule has 1 aliphatic heterocycles. The minimum absolute atomic E-state index is 0.222. The normalized spacial score (nSPS) is 16.6. The smallest absolute Gasteiger partial charge is 0.253 e. The SMILES string of the molecule is CNC(=O)/C(=C\N1C(C)=CC(=C=O)C=C1C)c1ccc(OC)c(OCC2CC2)c1. The minimum Gasteiger partial charge on any atom is -0.493 e. The largest absolute Gasteiger partial charge is 0.493 e. The molecule has 6 heteroatoms. The number of carbonyl (C=O) groups excluding carboxylic acids is 2. The van der Waals surface area contributed by atoms with Gasteiger partial charge in [0.2, 0.25) is 0 Å². The van der Waals surface area contributed by atoms with Crippen LogP contribution < -0.4 is 14.8 Å². The number of nitrogens with zero attached hydrogens (tertiary/aromatic N) is 1. The number of likely N-dealkylation sites (N-methyl/N-ethyl adjacent to an activating group) is 1. The second-order valence-corrected chi connectivity index (χ2v) is 7.24. The molecule has 0 aromatic heterocycles. The lowest BCUT2D eigenvalue weighted by atomic mass is 10.0. The molecule has 0 spiro atoms. The van der Waals surface area contributed by atoms with Crippen molar-refractivity contribution in [3.63, 3.8) is 0 Å². The van der Waals surface area contributed by atoms with Crippen molar-refractivity contribution in [2.24, 2.45) is 5.92 Å². The quantitative estimate of drug-likeness (QED) is 0.567. The van der Waals surface area contributed by atoms with Crippen molar-refractivity contribution in [3.8, 4) is 11.5 Å². The summed E-state index contributed by atoms with van der Waals surface area (Å²) in [5.74, 6) is 3.55. The number of methoxy groups -OCH3 is 1. The van der Waals surface area contributed by atoms with Gasteiger partial charge in [0.05, 0.1) is 24.9 Å². The molecule has 0 radical (unpaired) electrons. The van der Waals surface area contributed by atoms with Crippen LogP contribution in [0.5, 0.6) is 11.5 Å². The Balaban J connectivity index is 1.99. The van der Waals surface area contributed by atoms with E-state index in [0.29, 0.717) is 40.7 Å². The van der Waals surface area contributed by atoms with Crippen LogP contribution in [0, 0.1) is 5.92 Å². The predicted molar refractivity (Wildman–Crippen MR) is 112 cm³/mol. The summed E-state index contributed by atoms with van der Waals surface area (Å²) in [6.07, 6.45) is 7.61. The van der Waals surface area contributed by atoms with Crippen LogP contribution >= 0.6 is 0 Å². The summed E-state index contributed by atoms with van der Waals surface area (Å²) in [5, 5.41) is 2.70. The van der Waals surface area contributed by atoms with E-state index in [9.17, 15) is 9.59 Å². The third-order valence-corrected chi connectivity index (χ3v) is 4.98. The number of allylic oxidation sites excluding steroid dienone is 5. The number of carbonyl (C=O) groups is 1. The predicted octanol–water partition coefficient (Wildman–Crippen LogP) is 3.45. The third-order valence-electron chi connectivity index (χ3n) is 4.98. The maximum atomic E-state index is 12.7. The van der Waals surface area contributed by atoms with Crippen molar-refractivity contribution in [1.82, 2.24) is 10.2 Å². The molecule has 1 N–H and O–H groups in total. The van der Waals surface area contributed by atoms with Gasteiger partial charge in [0, 0.05) is 24.6 Å². The lowest BCUT2D eigenvalue weighted by Gasteiger charge is -2.26. The highest BCUT2D eigenvalue weighted by Crippen LogP contribution is 2.35. The summed E-state index contributed by atoms with van der Waals surface area (Å²) in [6.45, 7) is 4.41. The Morgan fingerprint density at radius 1 is 1.24 bits per heavy atom. The summed E-state index contributed by atoms with van der Waals surface area (Å²) in [7, 11) is 3.20. The van der Waals surface area contributed by atoms with Crippen molar-refractivity contribution in [2.75, 3.05) is 20.8 Å². The zero-order valence-electron chi connectivity index (χ0n) is 17.2. The maximum absolute atomic E-state index is 12.7. The number of nitrogens with one attached hydrogen (secondary N) is 1. The van der Waals surface area contributed by atoms with E-state index >= 15 is 0 Å². The van der Waals surface area contributed by atoms with Crippen molar-refractivity contribution in [2.45, 2.75) is 26.7 Å². The molecule has 1 amide bonds. The monoisotopic (exact) mass is 394 g/mol. The number of hydrogen-bond donors (Lipinski definition) is 1. The molecule has 1 fully saturated rings. The van der Waals surface area contributed by atoms with Gasteiger partial charge in [-0.2, -0.15) is 0 Å². The van der Waals surface area contributed by atoms with Gasteiger partial charge < -0.3 is 19.7 Å². The molecule has 1 aromatic rings. The zero-order chi connectivity index (χ0) is 21.0. The molecule has 0 unspecified atom stereocenters. The summed E-state index contributed by atoms with van der Waals surface area (Å²) in [5.41, 5.74) is 3.32. The standard InChI is InChI=1S/C23H26N2O4/c1-15-9-18(13-26)10-16(2)25(15)12-20(23(27)24-3)19-7-8-21(28-4)22(11-19)29-14-17-5-6-17/h7-12,17H,5-6,14H2,1-4H3,(H,24,27)/b20-12-. The molecule has 1 aromatic carbocycles. The van der Waals surface area contributed by atoms with Gasteiger partial charge in [0.1, 0.15) is 5.94 Å². The Kier molecular flexibility index (Phi) is 6.25. The molecule has 6 nitrogen and oxygen atoms in total. The van der Waals surface area contributed by atoms with E-state index in [0.717, 1.165) is 11.4 Å². The van der Waals surface area contributed by atoms with Crippen LogP contribution in [0.1, 0.15) is 32.3 Å². The number of benzene rings is 1. The third kappa shape index (κ3) is 4.79. The molecule has 0 bridgehead atoms. The summed E-state index contributed by atoms with van der Waals surface area (Å²) < 4.78 is 11.4. The average molecular weight is 394 g/mol. The van der Waals surface area contributed by atoms with Gasteiger partial charge in [-0.3, -0.25) is 4.79 Å². The number of amides is 1. The van der Waals surface area contributed by atoms with Gasteiger partial charge in [-0.05, 0) is 62.5 Å². The summed E-state index contributed by atoms with van der Waals surface area (Å²) >= 11 is 0. The Hall–Kier alpha value is -3.24. The molecule has 0 saturated heterocycles. The fourth-order valence-corrected chi connectivity index (χ4v) is 3.15. The highest BCUT2D eigenvalue weighted by atomic mass is 16.5. The fraction of sp³-hybridized carbons (Fsp3) is 0.348.